The van der Waals surface area contributed by atoms with E-state index in [1.54, 1.807) is 0 Å². The van der Waals surface area contributed by atoms with Gasteiger partial charge in [-0.2, -0.15) is 0 Å². The van der Waals surface area contributed by atoms with Gasteiger partial charge < -0.3 is 11.1 Å². The van der Waals surface area contributed by atoms with E-state index in [0.717, 1.165) is 12.1 Å². The quantitative estimate of drug-likeness (QED) is 0.821. The Kier molecular flexibility index (Phi) is 3.73. The van der Waals surface area contributed by atoms with Gasteiger partial charge in [-0.15, -0.1) is 0 Å². The molecule has 1 unspecified atom stereocenters. The number of nitrogens with one attached hydrogen (secondary N) is 1. The molecule has 19 heavy (non-hydrogen) atoms. The molecule has 1 aromatic carbocycles. The number of rotatable bonds is 3. The van der Waals surface area contributed by atoms with E-state index in [0.29, 0.717) is 6.42 Å². The first-order valence-electron chi connectivity index (χ1n) is 5.54. The van der Waals surface area contributed by atoms with Crippen molar-refractivity contribution >= 4 is 32.7 Å². The number of sulfone groups is 1. The van der Waals surface area contributed by atoms with Gasteiger partial charge >= 0.3 is 0 Å². The average molecular weight is 306 g/mol. The molecule has 1 saturated heterocycles. The SMILES string of the molecule is NC(=S)c1cc(F)c(NC2CCS(=O)(=O)C2)c(F)c1. The number of halogens is 2. The number of benzene rings is 1. The van der Waals surface area contributed by atoms with Crippen LogP contribution in [0.25, 0.3) is 0 Å². The predicted molar refractivity (Wildman–Crippen MR) is 72.9 cm³/mol. The molecule has 0 saturated carbocycles. The van der Waals surface area contributed by atoms with E-state index in [-0.39, 0.29) is 27.7 Å². The molecule has 4 nitrogen and oxygen atoms in total. The van der Waals surface area contributed by atoms with Crippen LogP contribution in [0.5, 0.6) is 0 Å². The molecule has 1 fully saturated rings. The molecule has 0 aromatic heterocycles. The zero-order chi connectivity index (χ0) is 14.2. The summed E-state index contributed by atoms with van der Waals surface area (Å²) in [4.78, 5) is -0.104. The van der Waals surface area contributed by atoms with Crippen molar-refractivity contribution in [2.24, 2.45) is 5.73 Å². The molecule has 1 aliphatic heterocycles. The zero-order valence-corrected chi connectivity index (χ0v) is 11.5. The van der Waals surface area contributed by atoms with Crippen molar-refractivity contribution in [3.63, 3.8) is 0 Å². The summed E-state index contributed by atoms with van der Waals surface area (Å²) in [5, 5.41) is 2.59. The van der Waals surface area contributed by atoms with E-state index in [1.165, 1.54) is 0 Å². The van der Waals surface area contributed by atoms with Crippen LogP contribution in [-0.2, 0) is 9.84 Å². The third-order valence-electron chi connectivity index (χ3n) is 2.91. The molecule has 1 aromatic rings. The lowest BCUT2D eigenvalue weighted by Gasteiger charge is -2.14. The molecule has 8 heteroatoms. The standard InChI is InChI=1S/C11H12F2N2O2S2/c12-8-3-6(11(14)18)4-9(13)10(8)15-7-1-2-19(16,17)5-7/h3-4,7,15H,1-2,5H2,(H2,14,18). The second-order valence-electron chi connectivity index (χ2n) is 4.42. The van der Waals surface area contributed by atoms with Crippen LogP contribution in [0.15, 0.2) is 12.1 Å². The van der Waals surface area contributed by atoms with Crippen LogP contribution in [0.4, 0.5) is 14.5 Å². The van der Waals surface area contributed by atoms with E-state index in [4.69, 9.17) is 5.73 Å². The van der Waals surface area contributed by atoms with Crippen molar-refractivity contribution in [1.29, 1.82) is 0 Å². The van der Waals surface area contributed by atoms with Crippen molar-refractivity contribution in [3.05, 3.63) is 29.3 Å². The minimum Gasteiger partial charge on any atom is -0.389 e. The Labute approximate surface area is 114 Å². The lowest BCUT2D eigenvalue weighted by atomic mass is 10.1. The van der Waals surface area contributed by atoms with Crippen LogP contribution in [0, 0.1) is 11.6 Å². The summed E-state index contributed by atoms with van der Waals surface area (Å²) in [7, 11) is -3.11. The van der Waals surface area contributed by atoms with E-state index in [9.17, 15) is 17.2 Å². The first-order chi connectivity index (χ1) is 8.78. The summed E-state index contributed by atoms with van der Waals surface area (Å²) in [6.45, 7) is 0. The molecule has 0 spiro atoms. The number of anilines is 1. The van der Waals surface area contributed by atoms with E-state index in [1.807, 2.05) is 0 Å². The fraction of sp³-hybridized carbons (Fsp3) is 0.364. The molecular weight excluding hydrogens is 294 g/mol. The highest BCUT2D eigenvalue weighted by Gasteiger charge is 2.29. The molecule has 0 amide bonds. The summed E-state index contributed by atoms with van der Waals surface area (Å²) in [6, 6.07) is 1.57. The molecule has 104 valence electrons. The van der Waals surface area contributed by atoms with Crippen LogP contribution in [0.1, 0.15) is 12.0 Å². The summed E-state index contributed by atoms with van der Waals surface area (Å²) in [6.07, 6.45) is 0.332. The Bertz CT molecular complexity index is 609. The van der Waals surface area contributed by atoms with Gasteiger partial charge in [0.05, 0.1) is 11.5 Å². The maximum atomic E-state index is 13.8. The van der Waals surface area contributed by atoms with Crippen molar-refractivity contribution in [1.82, 2.24) is 0 Å². The van der Waals surface area contributed by atoms with Gasteiger partial charge in [-0.1, -0.05) is 12.2 Å². The third kappa shape index (κ3) is 3.19. The highest BCUT2D eigenvalue weighted by molar-refractivity contribution is 7.91. The Morgan fingerprint density at radius 3 is 2.37 bits per heavy atom. The molecule has 1 aliphatic rings. The van der Waals surface area contributed by atoms with Gasteiger partial charge in [0.2, 0.25) is 0 Å². The lowest BCUT2D eigenvalue weighted by Crippen LogP contribution is -2.22. The molecule has 0 aliphatic carbocycles. The number of hydrogen-bond acceptors (Lipinski definition) is 4. The summed E-state index contributed by atoms with van der Waals surface area (Å²) < 4.78 is 50.1. The average Bonchev–Trinajstić information content (AvgIpc) is 2.63. The van der Waals surface area contributed by atoms with Gasteiger partial charge in [-0.25, -0.2) is 17.2 Å². The topological polar surface area (TPSA) is 72.2 Å². The highest BCUT2D eigenvalue weighted by atomic mass is 32.2. The Morgan fingerprint density at radius 1 is 1.37 bits per heavy atom. The van der Waals surface area contributed by atoms with Crippen LogP contribution in [0.2, 0.25) is 0 Å². The van der Waals surface area contributed by atoms with Crippen LogP contribution < -0.4 is 11.1 Å². The van der Waals surface area contributed by atoms with Gasteiger partial charge in [0, 0.05) is 11.6 Å². The molecule has 1 heterocycles. The molecule has 0 bridgehead atoms. The van der Waals surface area contributed by atoms with Gasteiger partial charge in [-0.3, -0.25) is 0 Å². The molecule has 2 rings (SSSR count). The van der Waals surface area contributed by atoms with Crippen molar-refractivity contribution in [2.75, 3.05) is 16.8 Å². The Morgan fingerprint density at radius 2 is 1.95 bits per heavy atom. The minimum atomic E-state index is -3.11. The smallest absolute Gasteiger partial charge is 0.152 e. The number of hydrogen-bond donors (Lipinski definition) is 2. The predicted octanol–water partition coefficient (Wildman–Crippen LogP) is 1.20. The molecule has 3 N–H and O–H groups in total. The largest absolute Gasteiger partial charge is 0.389 e. The van der Waals surface area contributed by atoms with Gasteiger partial charge in [0.15, 0.2) is 9.84 Å². The second-order valence-corrected chi connectivity index (χ2v) is 7.09. The maximum absolute atomic E-state index is 13.8. The second kappa shape index (κ2) is 5.01. The first kappa shape index (κ1) is 14.1. The van der Waals surface area contributed by atoms with E-state index >= 15 is 0 Å². The summed E-state index contributed by atoms with van der Waals surface area (Å²) in [5.74, 6) is -1.78. The van der Waals surface area contributed by atoms with Crippen LogP contribution >= 0.6 is 12.2 Å². The van der Waals surface area contributed by atoms with Crippen molar-refractivity contribution < 1.29 is 17.2 Å². The van der Waals surface area contributed by atoms with Crippen molar-refractivity contribution in [3.8, 4) is 0 Å². The lowest BCUT2D eigenvalue weighted by molar-refractivity contribution is 0.582. The molecular formula is C11H12F2N2O2S2. The summed E-state index contributed by atoms with van der Waals surface area (Å²) in [5.41, 5.74) is 5.05. The van der Waals surface area contributed by atoms with E-state index in [2.05, 4.69) is 17.5 Å². The maximum Gasteiger partial charge on any atom is 0.152 e. The van der Waals surface area contributed by atoms with E-state index < -0.39 is 27.5 Å². The fourth-order valence-electron chi connectivity index (χ4n) is 1.97. The Balaban J connectivity index is 2.24. The van der Waals surface area contributed by atoms with Crippen molar-refractivity contribution in [2.45, 2.75) is 12.5 Å². The fourth-order valence-corrected chi connectivity index (χ4v) is 3.76. The summed E-state index contributed by atoms with van der Waals surface area (Å²) >= 11 is 4.64. The third-order valence-corrected chi connectivity index (χ3v) is 4.91. The highest BCUT2D eigenvalue weighted by Crippen LogP contribution is 2.24. The van der Waals surface area contributed by atoms with Gasteiger partial charge in [0.1, 0.15) is 22.3 Å². The zero-order valence-electron chi connectivity index (χ0n) is 9.82. The van der Waals surface area contributed by atoms with Crippen LogP contribution in [-0.4, -0.2) is 31.0 Å². The minimum absolute atomic E-state index is 0.0267. The van der Waals surface area contributed by atoms with Crippen LogP contribution in [0.3, 0.4) is 0 Å². The molecule has 0 radical (unpaired) electrons. The monoisotopic (exact) mass is 306 g/mol. The van der Waals surface area contributed by atoms with Gasteiger partial charge in [0.25, 0.3) is 0 Å². The number of thiocarbonyl (C=S) groups is 1. The number of nitrogens with two attached hydrogens (primary N) is 1. The Hall–Kier alpha value is -1.28. The van der Waals surface area contributed by atoms with Gasteiger partial charge in [-0.05, 0) is 18.6 Å². The molecule has 1 atom stereocenters. The normalized spacial score (nSPS) is 21.3. The first-order valence-corrected chi connectivity index (χ1v) is 7.77.